The Balaban J connectivity index is 1.99. The van der Waals surface area contributed by atoms with E-state index in [1.165, 1.54) is 5.56 Å². The number of aliphatic imine (C=N–C) groups is 1. The molecule has 2 rings (SSSR count). The van der Waals surface area contributed by atoms with E-state index >= 15 is 0 Å². The van der Waals surface area contributed by atoms with Gasteiger partial charge in [-0.15, -0.1) is 0 Å². The Labute approximate surface area is 150 Å². The molecule has 2 aromatic rings. The molecule has 134 valence electrons. The van der Waals surface area contributed by atoms with Crippen LogP contribution in [0.3, 0.4) is 0 Å². The molecule has 0 spiro atoms. The predicted molar refractivity (Wildman–Crippen MR) is 103 cm³/mol. The molecule has 0 aliphatic heterocycles. The van der Waals surface area contributed by atoms with Crippen molar-refractivity contribution in [2.75, 3.05) is 40.2 Å². The molecule has 1 N–H and O–H groups in total. The standard InChI is InChI=1S/C19H27N5O/c1-20-19(22-13-16-7-6-12-21-18(16)23(2)3)24(4)14-15-8-10-17(25-5)11-9-15/h6-12H,13-14H2,1-5H3,(H,20,22). The molecule has 0 fully saturated rings. The molecular weight excluding hydrogens is 314 g/mol. The van der Waals surface area contributed by atoms with Crippen molar-refractivity contribution < 1.29 is 4.74 Å². The highest BCUT2D eigenvalue weighted by Crippen LogP contribution is 2.15. The van der Waals surface area contributed by atoms with Crippen molar-refractivity contribution in [1.82, 2.24) is 15.2 Å². The molecule has 1 heterocycles. The van der Waals surface area contributed by atoms with Gasteiger partial charge in [0, 0.05) is 53.0 Å². The number of rotatable bonds is 6. The third kappa shape index (κ3) is 5.11. The van der Waals surface area contributed by atoms with Gasteiger partial charge in [-0.25, -0.2) is 4.98 Å². The van der Waals surface area contributed by atoms with Crippen LogP contribution in [0.15, 0.2) is 47.6 Å². The fraction of sp³-hybridized carbons (Fsp3) is 0.368. The molecule has 0 aliphatic rings. The maximum atomic E-state index is 5.20. The average Bonchev–Trinajstić information content (AvgIpc) is 2.63. The number of nitrogens with zero attached hydrogens (tertiary/aromatic N) is 4. The van der Waals surface area contributed by atoms with Crippen molar-refractivity contribution in [2.45, 2.75) is 13.1 Å². The highest BCUT2D eigenvalue weighted by Gasteiger charge is 2.10. The number of aromatic nitrogens is 1. The topological polar surface area (TPSA) is 53.0 Å². The molecule has 0 saturated heterocycles. The smallest absolute Gasteiger partial charge is 0.193 e. The van der Waals surface area contributed by atoms with Crippen LogP contribution in [0.2, 0.25) is 0 Å². The Hall–Kier alpha value is -2.76. The van der Waals surface area contributed by atoms with Crippen LogP contribution in [0.4, 0.5) is 5.82 Å². The number of hydrogen-bond acceptors (Lipinski definition) is 4. The van der Waals surface area contributed by atoms with Crippen molar-refractivity contribution in [2.24, 2.45) is 4.99 Å². The lowest BCUT2D eigenvalue weighted by molar-refractivity contribution is 0.414. The zero-order valence-corrected chi connectivity index (χ0v) is 15.7. The first-order valence-electron chi connectivity index (χ1n) is 8.21. The van der Waals surface area contributed by atoms with Crippen LogP contribution in [-0.4, -0.2) is 51.1 Å². The van der Waals surface area contributed by atoms with Gasteiger partial charge < -0.3 is 19.9 Å². The van der Waals surface area contributed by atoms with Crippen molar-refractivity contribution in [3.8, 4) is 5.75 Å². The molecule has 1 aromatic heterocycles. The molecule has 0 aliphatic carbocycles. The fourth-order valence-electron chi connectivity index (χ4n) is 2.61. The lowest BCUT2D eigenvalue weighted by Gasteiger charge is -2.23. The summed E-state index contributed by atoms with van der Waals surface area (Å²) >= 11 is 0. The van der Waals surface area contributed by atoms with E-state index in [2.05, 4.69) is 38.4 Å². The van der Waals surface area contributed by atoms with E-state index in [1.807, 2.05) is 50.4 Å². The van der Waals surface area contributed by atoms with Gasteiger partial charge in [0.15, 0.2) is 5.96 Å². The van der Waals surface area contributed by atoms with Gasteiger partial charge in [-0.05, 0) is 23.8 Å². The molecule has 6 nitrogen and oxygen atoms in total. The van der Waals surface area contributed by atoms with Gasteiger partial charge in [-0.2, -0.15) is 0 Å². The SMILES string of the molecule is CN=C(NCc1cccnc1N(C)C)N(C)Cc1ccc(OC)cc1. The van der Waals surface area contributed by atoms with Crippen LogP contribution < -0.4 is 15.0 Å². The molecular formula is C19H27N5O. The van der Waals surface area contributed by atoms with Crippen LogP contribution in [0.5, 0.6) is 5.75 Å². The van der Waals surface area contributed by atoms with E-state index in [-0.39, 0.29) is 0 Å². The van der Waals surface area contributed by atoms with Crippen LogP contribution in [-0.2, 0) is 13.1 Å². The Morgan fingerprint density at radius 2 is 1.88 bits per heavy atom. The van der Waals surface area contributed by atoms with E-state index < -0.39 is 0 Å². The highest BCUT2D eigenvalue weighted by molar-refractivity contribution is 5.79. The third-order valence-corrected chi connectivity index (χ3v) is 3.88. The number of anilines is 1. The molecule has 0 unspecified atom stereocenters. The second-order valence-corrected chi connectivity index (χ2v) is 5.99. The Kier molecular flexibility index (Phi) is 6.62. The van der Waals surface area contributed by atoms with Gasteiger partial charge in [0.05, 0.1) is 7.11 Å². The molecule has 0 amide bonds. The quantitative estimate of drug-likeness (QED) is 0.646. The van der Waals surface area contributed by atoms with Crippen molar-refractivity contribution >= 4 is 11.8 Å². The first-order chi connectivity index (χ1) is 12.0. The fourth-order valence-corrected chi connectivity index (χ4v) is 2.61. The number of guanidine groups is 1. The maximum Gasteiger partial charge on any atom is 0.193 e. The lowest BCUT2D eigenvalue weighted by Crippen LogP contribution is -2.38. The van der Waals surface area contributed by atoms with Crippen LogP contribution >= 0.6 is 0 Å². The molecule has 0 bridgehead atoms. The lowest BCUT2D eigenvalue weighted by atomic mass is 10.2. The Morgan fingerprint density at radius 3 is 2.48 bits per heavy atom. The molecule has 25 heavy (non-hydrogen) atoms. The molecule has 1 aromatic carbocycles. The number of nitrogens with one attached hydrogen (secondary N) is 1. The van der Waals surface area contributed by atoms with Crippen LogP contribution in [0, 0.1) is 0 Å². The van der Waals surface area contributed by atoms with Crippen molar-refractivity contribution in [3.63, 3.8) is 0 Å². The molecule has 0 saturated carbocycles. The minimum absolute atomic E-state index is 0.668. The maximum absolute atomic E-state index is 5.20. The monoisotopic (exact) mass is 341 g/mol. The number of benzene rings is 1. The minimum atomic E-state index is 0.668. The predicted octanol–water partition coefficient (Wildman–Crippen LogP) is 2.36. The summed E-state index contributed by atoms with van der Waals surface area (Å²) in [6.07, 6.45) is 1.81. The zero-order valence-electron chi connectivity index (χ0n) is 15.7. The normalized spacial score (nSPS) is 11.2. The van der Waals surface area contributed by atoms with Gasteiger partial charge in [-0.3, -0.25) is 4.99 Å². The molecule has 6 heteroatoms. The first-order valence-corrected chi connectivity index (χ1v) is 8.21. The van der Waals surface area contributed by atoms with Crippen molar-refractivity contribution in [1.29, 1.82) is 0 Å². The van der Waals surface area contributed by atoms with E-state index in [0.29, 0.717) is 6.54 Å². The Morgan fingerprint density at radius 1 is 1.16 bits per heavy atom. The van der Waals surface area contributed by atoms with E-state index in [1.54, 1.807) is 14.2 Å². The largest absolute Gasteiger partial charge is 0.497 e. The second-order valence-electron chi connectivity index (χ2n) is 5.99. The van der Waals surface area contributed by atoms with Crippen molar-refractivity contribution in [3.05, 3.63) is 53.7 Å². The summed E-state index contributed by atoms with van der Waals surface area (Å²) in [4.78, 5) is 12.9. The van der Waals surface area contributed by atoms with Crippen LogP contribution in [0.25, 0.3) is 0 Å². The number of hydrogen-bond donors (Lipinski definition) is 1. The number of methoxy groups -OCH3 is 1. The first kappa shape index (κ1) is 18.6. The molecule has 0 atom stereocenters. The number of pyridine rings is 1. The average molecular weight is 341 g/mol. The highest BCUT2D eigenvalue weighted by atomic mass is 16.5. The third-order valence-electron chi connectivity index (χ3n) is 3.88. The summed E-state index contributed by atoms with van der Waals surface area (Å²) in [6, 6.07) is 12.1. The second kappa shape index (κ2) is 8.92. The summed E-state index contributed by atoms with van der Waals surface area (Å²) in [5.41, 5.74) is 2.33. The molecule has 0 radical (unpaired) electrons. The van der Waals surface area contributed by atoms with E-state index in [0.717, 1.165) is 29.6 Å². The van der Waals surface area contributed by atoms with E-state index in [4.69, 9.17) is 4.74 Å². The van der Waals surface area contributed by atoms with E-state index in [9.17, 15) is 0 Å². The summed E-state index contributed by atoms with van der Waals surface area (Å²) in [5.74, 6) is 2.66. The summed E-state index contributed by atoms with van der Waals surface area (Å²) < 4.78 is 5.20. The van der Waals surface area contributed by atoms with Gasteiger partial charge >= 0.3 is 0 Å². The zero-order chi connectivity index (χ0) is 18.2. The van der Waals surface area contributed by atoms with Gasteiger partial charge in [0.1, 0.15) is 11.6 Å². The summed E-state index contributed by atoms with van der Waals surface area (Å²) in [5, 5.41) is 3.41. The minimum Gasteiger partial charge on any atom is -0.497 e. The summed E-state index contributed by atoms with van der Waals surface area (Å²) in [7, 11) is 9.48. The Bertz CT molecular complexity index is 697. The van der Waals surface area contributed by atoms with Gasteiger partial charge in [0.2, 0.25) is 0 Å². The van der Waals surface area contributed by atoms with Gasteiger partial charge in [-0.1, -0.05) is 18.2 Å². The van der Waals surface area contributed by atoms with Gasteiger partial charge in [0.25, 0.3) is 0 Å². The number of ether oxygens (including phenoxy) is 1. The van der Waals surface area contributed by atoms with Crippen LogP contribution in [0.1, 0.15) is 11.1 Å². The summed E-state index contributed by atoms with van der Waals surface area (Å²) in [6.45, 7) is 1.43.